The second-order valence-corrected chi connectivity index (χ2v) is 8.70. The van der Waals surface area contributed by atoms with Crippen LogP contribution in [0.3, 0.4) is 0 Å². The summed E-state index contributed by atoms with van der Waals surface area (Å²) in [5.74, 6) is -0.498. The highest BCUT2D eigenvalue weighted by molar-refractivity contribution is 9.11. The van der Waals surface area contributed by atoms with Gasteiger partial charge in [-0.1, -0.05) is 25.5 Å². The summed E-state index contributed by atoms with van der Waals surface area (Å²) in [7, 11) is -3.78. The molecule has 0 atom stereocenters. The SMILES string of the molecule is CCCc1ccc(S(=O)(=O)NNC(=O)c2ccc(Br)s2)cc1. The normalized spacial score (nSPS) is 11.4. The van der Waals surface area contributed by atoms with Gasteiger partial charge in [0, 0.05) is 0 Å². The second kappa shape index (κ2) is 7.36. The first-order valence-corrected chi connectivity index (χ1v) is 9.68. The maximum atomic E-state index is 12.1. The van der Waals surface area contributed by atoms with Crippen LogP contribution in [0, 0.1) is 0 Å². The van der Waals surface area contributed by atoms with E-state index in [1.807, 2.05) is 0 Å². The minimum absolute atomic E-state index is 0.111. The van der Waals surface area contributed by atoms with Crippen molar-refractivity contribution >= 4 is 43.2 Å². The van der Waals surface area contributed by atoms with Crippen LogP contribution in [0.2, 0.25) is 0 Å². The van der Waals surface area contributed by atoms with Crippen LogP contribution in [0.15, 0.2) is 45.1 Å². The van der Waals surface area contributed by atoms with E-state index in [0.717, 1.165) is 22.2 Å². The maximum Gasteiger partial charge on any atom is 0.276 e. The monoisotopic (exact) mass is 402 g/mol. The zero-order valence-electron chi connectivity index (χ0n) is 11.8. The number of thiophene rings is 1. The Morgan fingerprint density at radius 1 is 1.18 bits per heavy atom. The predicted molar refractivity (Wildman–Crippen MR) is 90.2 cm³/mol. The summed E-state index contributed by atoms with van der Waals surface area (Å²) in [5, 5.41) is 0. The Morgan fingerprint density at radius 2 is 1.86 bits per heavy atom. The Labute approximate surface area is 141 Å². The van der Waals surface area contributed by atoms with Gasteiger partial charge in [0.1, 0.15) is 0 Å². The number of hydrogen-bond acceptors (Lipinski definition) is 4. The van der Waals surface area contributed by atoms with Crippen LogP contribution >= 0.6 is 27.3 Å². The average Bonchev–Trinajstić information content (AvgIpc) is 2.92. The molecular formula is C14H15BrN2O3S2. The molecule has 22 heavy (non-hydrogen) atoms. The lowest BCUT2D eigenvalue weighted by atomic mass is 10.1. The number of aryl methyl sites for hydroxylation is 1. The number of rotatable bonds is 6. The van der Waals surface area contributed by atoms with Crippen LogP contribution in [0.4, 0.5) is 0 Å². The van der Waals surface area contributed by atoms with E-state index in [0.29, 0.717) is 4.88 Å². The summed E-state index contributed by atoms with van der Waals surface area (Å²) >= 11 is 4.47. The van der Waals surface area contributed by atoms with Gasteiger partial charge in [-0.15, -0.1) is 16.2 Å². The van der Waals surface area contributed by atoms with E-state index in [1.165, 1.54) is 23.5 Å². The molecule has 8 heteroatoms. The lowest BCUT2D eigenvalue weighted by Gasteiger charge is -2.08. The van der Waals surface area contributed by atoms with Crippen molar-refractivity contribution in [3.05, 3.63) is 50.6 Å². The van der Waals surface area contributed by atoms with Gasteiger partial charge in [0.25, 0.3) is 15.9 Å². The Hall–Kier alpha value is -1.22. The van der Waals surface area contributed by atoms with Gasteiger partial charge in [0.05, 0.1) is 13.6 Å². The fourth-order valence-corrected chi connectivity index (χ4v) is 3.91. The van der Waals surface area contributed by atoms with Crippen LogP contribution in [0.5, 0.6) is 0 Å². The predicted octanol–water partition coefficient (Wildman–Crippen LogP) is 3.09. The number of carbonyl (C=O) groups excluding carboxylic acids is 1. The average molecular weight is 403 g/mol. The summed E-state index contributed by atoms with van der Waals surface area (Å²) in [5.41, 5.74) is 3.28. The summed E-state index contributed by atoms with van der Waals surface area (Å²) in [4.78, 5) is 14.4. The van der Waals surface area contributed by atoms with Gasteiger partial charge in [0.2, 0.25) is 0 Å². The molecule has 1 heterocycles. The number of carbonyl (C=O) groups is 1. The van der Waals surface area contributed by atoms with E-state index in [1.54, 1.807) is 24.3 Å². The molecule has 2 aromatic rings. The number of halogens is 1. The fraction of sp³-hybridized carbons (Fsp3) is 0.214. The molecule has 1 aromatic heterocycles. The molecule has 5 nitrogen and oxygen atoms in total. The van der Waals surface area contributed by atoms with E-state index in [-0.39, 0.29) is 4.90 Å². The van der Waals surface area contributed by atoms with E-state index in [9.17, 15) is 13.2 Å². The molecular weight excluding hydrogens is 388 g/mol. The van der Waals surface area contributed by atoms with Gasteiger partial charge >= 0.3 is 0 Å². The van der Waals surface area contributed by atoms with Crippen molar-refractivity contribution in [3.8, 4) is 0 Å². The lowest BCUT2D eigenvalue weighted by Crippen LogP contribution is -2.41. The smallest absolute Gasteiger partial charge is 0.273 e. The van der Waals surface area contributed by atoms with Gasteiger partial charge in [-0.25, -0.2) is 8.42 Å². The highest BCUT2D eigenvalue weighted by Gasteiger charge is 2.16. The first-order valence-electron chi connectivity index (χ1n) is 6.59. The minimum Gasteiger partial charge on any atom is -0.273 e. The Bertz CT molecular complexity index is 755. The Kier molecular flexibility index (Phi) is 5.74. The summed E-state index contributed by atoms with van der Waals surface area (Å²) in [6.45, 7) is 2.06. The molecule has 0 spiro atoms. The molecule has 2 rings (SSSR count). The first kappa shape index (κ1) is 17.1. The summed E-state index contributed by atoms with van der Waals surface area (Å²) in [6, 6.07) is 9.94. The van der Waals surface area contributed by atoms with Crippen LogP contribution < -0.4 is 10.3 Å². The number of sulfonamides is 1. The van der Waals surface area contributed by atoms with Crippen molar-refractivity contribution in [1.82, 2.24) is 10.3 Å². The molecule has 0 bridgehead atoms. The van der Waals surface area contributed by atoms with Crippen molar-refractivity contribution in [3.63, 3.8) is 0 Å². The van der Waals surface area contributed by atoms with Crippen LogP contribution in [0.25, 0.3) is 0 Å². The number of hydrogen-bond donors (Lipinski definition) is 2. The van der Waals surface area contributed by atoms with Gasteiger partial charge in [-0.05, 0) is 52.2 Å². The zero-order chi connectivity index (χ0) is 16.2. The molecule has 0 saturated heterocycles. The molecule has 1 aromatic carbocycles. The highest BCUT2D eigenvalue weighted by atomic mass is 79.9. The molecule has 2 N–H and O–H groups in total. The van der Waals surface area contributed by atoms with Crippen LogP contribution in [0.1, 0.15) is 28.6 Å². The zero-order valence-corrected chi connectivity index (χ0v) is 15.0. The van der Waals surface area contributed by atoms with Crippen LogP contribution in [-0.2, 0) is 16.4 Å². The van der Waals surface area contributed by atoms with Crippen molar-refractivity contribution in [2.45, 2.75) is 24.7 Å². The van der Waals surface area contributed by atoms with E-state index in [2.05, 4.69) is 33.1 Å². The van der Waals surface area contributed by atoms with E-state index < -0.39 is 15.9 Å². The molecule has 0 aliphatic heterocycles. The number of amides is 1. The van der Waals surface area contributed by atoms with E-state index >= 15 is 0 Å². The molecule has 0 fully saturated rings. The lowest BCUT2D eigenvalue weighted by molar-refractivity contribution is 0.0949. The van der Waals surface area contributed by atoms with Gasteiger partial charge in [0.15, 0.2) is 0 Å². The molecule has 0 radical (unpaired) electrons. The van der Waals surface area contributed by atoms with Crippen molar-refractivity contribution in [2.24, 2.45) is 0 Å². The molecule has 0 saturated carbocycles. The number of hydrazine groups is 1. The second-order valence-electron chi connectivity index (χ2n) is 4.56. The standard InChI is InChI=1S/C14H15BrN2O3S2/c1-2-3-10-4-6-11(7-5-10)22(19,20)17-16-14(18)12-8-9-13(15)21-12/h4-9,17H,2-3H2,1H3,(H,16,18). The number of benzene rings is 1. The fourth-order valence-electron chi connectivity index (χ4n) is 1.79. The van der Waals surface area contributed by atoms with Gasteiger partial charge < -0.3 is 0 Å². The molecule has 0 aliphatic carbocycles. The molecule has 118 valence electrons. The third kappa shape index (κ3) is 4.39. The number of nitrogens with one attached hydrogen (secondary N) is 2. The maximum absolute atomic E-state index is 12.1. The molecule has 0 aliphatic rings. The van der Waals surface area contributed by atoms with Crippen molar-refractivity contribution in [2.75, 3.05) is 0 Å². The summed E-state index contributed by atoms with van der Waals surface area (Å²) < 4.78 is 25.0. The minimum atomic E-state index is -3.78. The van der Waals surface area contributed by atoms with E-state index in [4.69, 9.17) is 0 Å². The van der Waals surface area contributed by atoms with Crippen molar-refractivity contribution in [1.29, 1.82) is 0 Å². The largest absolute Gasteiger partial charge is 0.276 e. The van der Waals surface area contributed by atoms with Crippen LogP contribution in [-0.4, -0.2) is 14.3 Å². The first-order chi connectivity index (χ1) is 10.4. The van der Waals surface area contributed by atoms with Gasteiger partial charge in [-0.2, -0.15) is 0 Å². The Balaban J connectivity index is 2.03. The molecule has 1 amide bonds. The third-order valence-electron chi connectivity index (χ3n) is 2.87. The quantitative estimate of drug-likeness (QED) is 0.728. The highest BCUT2D eigenvalue weighted by Crippen LogP contribution is 2.21. The Morgan fingerprint density at radius 3 is 2.41 bits per heavy atom. The summed E-state index contributed by atoms with van der Waals surface area (Å²) in [6.07, 6.45) is 1.90. The third-order valence-corrected chi connectivity index (χ3v) is 5.75. The topological polar surface area (TPSA) is 75.3 Å². The van der Waals surface area contributed by atoms with Crippen molar-refractivity contribution < 1.29 is 13.2 Å². The molecule has 0 unspecified atom stereocenters. The van der Waals surface area contributed by atoms with Gasteiger partial charge in [-0.3, -0.25) is 10.2 Å².